The molecule has 32 heavy (non-hydrogen) atoms. The summed E-state index contributed by atoms with van der Waals surface area (Å²) in [6.45, 7) is 0. The molecular formula is C25H18Br2O4S. The van der Waals surface area contributed by atoms with Gasteiger partial charge in [0.2, 0.25) is 0 Å². The van der Waals surface area contributed by atoms with Gasteiger partial charge in [0.05, 0.1) is 7.11 Å². The number of carbonyl (C=O) groups excluding carboxylic acids is 2. The Hall–Kier alpha value is -1.93. The van der Waals surface area contributed by atoms with E-state index in [0.717, 1.165) is 25.0 Å². The van der Waals surface area contributed by atoms with E-state index in [9.17, 15) is 14.7 Å². The Morgan fingerprint density at radius 3 is 2.31 bits per heavy atom. The quantitative estimate of drug-likeness (QED) is 0.416. The Kier molecular flexibility index (Phi) is 5.36. The van der Waals surface area contributed by atoms with Crippen molar-refractivity contribution >= 4 is 55.4 Å². The van der Waals surface area contributed by atoms with Gasteiger partial charge in [-0.1, -0.05) is 80.4 Å². The number of carbonyl (C=O) groups is 2. The molecule has 4 nitrogen and oxygen atoms in total. The number of hydrogen-bond donors (Lipinski definition) is 1. The van der Waals surface area contributed by atoms with Crippen molar-refractivity contribution in [1.82, 2.24) is 0 Å². The van der Waals surface area contributed by atoms with Gasteiger partial charge in [-0.05, 0) is 35.4 Å². The summed E-state index contributed by atoms with van der Waals surface area (Å²) in [4.78, 5) is 28.3. The summed E-state index contributed by atoms with van der Waals surface area (Å²) in [6, 6.07) is 22.4. The largest absolute Gasteiger partial charge is 0.469 e. The summed E-state index contributed by atoms with van der Waals surface area (Å²) in [5, 5.41) is 12.1. The second kappa shape index (κ2) is 7.83. The number of thioether (sulfide) groups is 1. The van der Waals surface area contributed by atoms with Crippen LogP contribution < -0.4 is 0 Å². The van der Waals surface area contributed by atoms with E-state index >= 15 is 0 Å². The zero-order valence-electron chi connectivity index (χ0n) is 16.9. The van der Waals surface area contributed by atoms with Gasteiger partial charge in [-0.15, -0.1) is 11.8 Å². The fourth-order valence-corrected chi connectivity index (χ4v) is 7.64. The third-order valence-corrected chi connectivity index (χ3v) is 8.99. The highest BCUT2D eigenvalue weighted by Crippen LogP contribution is 2.70. The lowest BCUT2D eigenvalue weighted by Gasteiger charge is -2.38. The van der Waals surface area contributed by atoms with E-state index in [-0.39, 0.29) is 0 Å². The minimum Gasteiger partial charge on any atom is -0.469 e. The van der Waals surface area contributed by atoms with Crippen LogP contribution in [0.2, 0.25) is 0 Å². The number of fused-ring (bicyclic) bond motifs is 4. The second-order valence-corrected chi connectivity index (χ2v) is 11.1. The van der Waals surface area contributed by atoms with Crippen LogP contribution in [0.25, 0.3) is 0 Å². The molecular weight excluding hydrogens is 556 g/mol. The van der Waals surface area contributed by atoms with Crippen LogP contribution in [0, 0.1) is 5.92 Å². The van der Waals surface area contributed by atoms with Crippen LogP contribution in [-0.2, 0) is 24.7 Å². The molecule has 2 bridgehead atoms. The molecule has 1 heterocycles. The maximum atomic E-state index is 14.3. The Balaban J connectivity index is 1.89. The minimum absolute atomic E-state index is 0.392. The van der Waals surface area contributed by atoms with Gasteiger partial charge in [0.25, 0.3) is 0 Å². The molecule has 0 aromatic heterocycles. The third kappa shape index (κ3) is 2.91. The average molecular weight is 574 g/mol. The van der Waals surface area contributed by atoms with Gasteiger partial charge >= 0.3 is 5.97 Å². The molecule has 1 unspecified atom stereocenters. The van der Waals surface area contributed by atoms with E-state index in [1.165, 1.54) is 18.9 Å². The van der Waals surface area contributed by atoms with Crippen LogP contribution in [0.4, 0.5) is 0 Å². The first-order chi connectivity index (χ1) is 15.3. The molecule has 0 saturated heterocycles. The first-order valence-electron chi connectivity index (χ1n) is 9.99. The standard InChI is InChI=1S/C25H18Br2O4S/c1-31-22(28)21-20(14-5-3-2-4-6-14)25(15-7-9-16(26)10-8-15)23(29)24(21,30)18-12-11-17(27)13-19(18)32-25/h2-13,20-21,30H,1H3/t20?,21-,24-,25+/m0/s1. The van der Waals surface area contributed by atoms with E-state index in [2.05, 4.69) is 31.9 Å². The molecule has 1 N–H and O–H groups in total. The summed E-state index contributed by atoms with van der Waals surface area (Å²) in [7, 11) is 1.29. The molecule has 0 spiro atoms. The first-order valence-corrected chi connectivity index (χ1v) is 12.4. The van der Waals surface area contributed by atoms with E-state index in [0.29, 0.717) is 5.56 Å². The summed E-state index contributed by atoms with van der Waals surface area (Å²) < 4.78 is 5.67. The molecule has 1 aliphatic heterocycles. The Morgan fingerprint density at radius 2 is 1.66 bits per heavy atom. The summed E-state index contributed by atoms with van der Waals surface area (Å²) in [5.74, 6) is -2.73. The number of esters is 1. The molecule has 0 radical (unpaired) electrons. The van der Waals surface area contributed by atoms with Crippen molar-refractivity contribution in [3.8, 4) is 0 Å². The van der Waals surface area contributed by atoms with E-state index < -0.39 is 33.9 Å². The first kappa shape index (κ1) is 21.9. The fraction of sp³-hybridized carbons (Fsp3) is 0.200. The van der Waals surface area contributed by atoms with Crippen LogP contribution >= 0.6 is 43.6 Å². The molecule has 5 rings (SSSR count). The lowest BCUT2D eigenvalue weighted by Crippen LogP contribution is -2.46. The van der Waals surface area contributed by atoms with Gasteiger partial charge in [0.15, 0.2) is 11.4 Å². The van der Waals surface area contributed by atoms with Crippen molar-refractivity contribution in [2.75, 3.05) is 7.11 Å². The maximum Gasteiger partial charge on any atom is 0.313 e. The Labute approximate surface area is 206 Å². The van der Waals surface area contributed by atoms with Gasteiger partial charge in [-0.3, -0.25) is 9.59 Å². The summed E-state index contributed by atoms with van der Waals surface area (Å²) in [5.41, 5.74) is -0.0335. The van der Waals surface area contributed by atoms with Crippen molar-refractivity contribution in [2.45, 2.75) is 21.2 Å². The maximum absolute atomic E-state index is 14.3. The second-order valence-electron chi connectivity index (χ2n) is 7.97. The number of methoxy groups -OCH3 is 1. The molecule has 1 fully saturated rings. The van der Waals surface area contributed by atoms with Crippen molar-refractivity contribution in [2.24, 2.45) is 5.92 Å². The van der Waals surface area contributed by atoms with Crippen molar-refractivity contribution in [1.29, 1.82) is 0 Å². The highest BCUT2D eigenvalue weighted by molar-refractivity contribution is 9.10. The molecule has 3 aromatic rings. The topological polar surface area (TPSA) is 63.6 Å². The van der Waals surface area contributed by atoms with Gasteiger partial charge < -0.3 is 9.84 Å². The number of benzene rings is 3. The van der Waals surface area contributed by atoms with E-state index in [4.69, 9.17) is 4.74 Å². The van der Waals surface area contributed by atoms with Crippen LogP contribution in [-0.4, -0.2) is 24.0 Å². The van der Waals surface area contributed by atoms with E-state index in [1.54, 1.807) is 12.1 Å². The fourth-order valence-electron chi connectivity index (χ4n) is 5.10. The van der Waals surface area contributed by atoms with Crippen molar-refractivity contribution in [3.63, 3.8) is 0 Å². The lowest BCUT2D eigenvalue weighted by molar-refractivity contribution is -0.160. The van der Waals surface area contributed by atoms with Gasteiger partial charge in [-0.25, -0.2) is 0 Å². The molecule has 3 aromatic carbocycles. The van der Waals surface area contributed by atoms with Crippen LogP contribution in [0.5, 0.6) is 0 Å². The van der Waals surface area contributed by atoms with Crippen LogP contribution in [0.15, 0.2) is 86.6 Å². The molecule has 7 heteroatoms. The Bertz CT molecular complexity index is 1230. The highest BCUT2D eigenvalue weighted by atomic mass is 79.9. The van der Waals surface area contributed by atoms with Crippen molar-refractivity contribution < 1.29 is 19.4 Å². The third-order valence-electron chi connectivity index (χ3n) is 6.42. The molecule has 2 aliphatic rings. The van der Waals surface area contributed by atoms with Gasteiger partial charge in [0.1, 0.15) is 10.7 Å². The zero-order valence-corrected chi connectivity index (χ0v) is 20.9. The number of Topliss-reactive ketones (excluding diaryl/α,β-unsaturated/α-hetero) is 1. The lowest BCUT2D eigenvalue weighted by atomic mass is 9.76. The zero-order chi connectivity index (χ0) is 22.7. The monoisotopic (exact) mass is 572 g/mol. The molecule has 4 atom stereocenters. The SMILES string of the molecule is COC(=O)[C@@H]1C(c2ccccc2)[C@@]2(c3ccc(Br)cc3)Sc3cc(Br)ccc3[C@@]1(O)C2=O. The van der Waals surface area contributed by atoms with Gasteiger partial charge in [0, 0.05) is 25.3 Å². The van der Waals surface area contributed by atoms with Gasteiger partial charge in [-0.2, -0.15) is 0 Å². The average Bonchev–Trinajstić information content (AvgIpc) is 2.93. The number of rotatable bonds is 3. The number of ketones is 1. The predicted octanol–water partition coefficient (Wildman–Crippen LogP) is 5.56. The molecule has 0 amide bonds. The molecule has 162 valence electrons. The number of hydrogen-bond acceptors (Lipinski definition) is 5. The molecule has 1 aliphatic carbocycles. The smallest absolute Gasteiger partial charge is 0.313 e. The minimum atomic E-state index is -2.01. The number of ether oxygens (including phenoxy) is 1. The van der Waals surface area contributed by atoms with Crippen LogP contribution in [0.3, 0.4) is 0 Å². The summed E-state index contributed by atoms with van der Waals surface area (Å²) >= 11 is 8.37. The molecule has 1 saturated carbocycles. The predicted molar refractivity (Wildman–Crippen MR) is 129 cm³/mol. The van der Waals surface area contributed by atoms with Crippen LogP contribution in [0.1, 0.15) is 22.6 Å². The van der Waals surface area contributed by atoms with E-state index in [1.807, 2.05) is 60.7 Å². The van der Waals surface area contributed by atoms with Crippen molar-refractivity contribution in [3.05, 3.63) is 98.4 Å². The number of aliphatic hydroxyl groups is 1. The number of halogens is 2. The highest BCUT2D eigenvalue weighted by Gasteiger charge is 2.74. The summed E-state index contributed by atoms with van der Waals surface area (Å²) in [6.07, 6.45) is 0. The Morgan fingerprint density at radius 1 is 1.00 bits per heavy atom. The normalized spacial score (nSPS) is 28.3.